The SMILES string of the molecule is CCN1c2ccccc2C(=O)NC12CCN(C(=O)c1ccc(F)c(F)c1)CC2. The number of halogens is 2. The van der Waals surface area contributed by atoms with Crippen LogP contribution in [0.3, 0.4) is 0 Å². The van der Waals surface area contributed by atoms with Gasteiger partial charge in [-0.1, -0.05) is 12.1 Å². The number of carbonyl (C=O) groups is 2. The molecule has 2 amide bonds. The maximum absolute atomic E-state index is 13.5. The van der Waals surface area contributed by atoms with E-state index in [1.165, 1.54) is 6.07 Å². The highest BCUT2D eigenvalue weighted by atomic mass is 19.2. The molecular formula is C21H21F2N3O2. The van der Waals surface area contributed by atoms with Crippen LogP contribution in [0.4, 0.5) is 14.5 Å². The van der Waals surface area contributed by atoms with Crippen LogP contribution in [0.15, 0.2) is 42.5 Å². The number of hydrogen-bond donors (Lipinski definition) is 1. The topological polar surface area (TPSA) is 52.7 Å². The number of fused-ring (bicyclic) bond motifs is 1. The molecule has 0 aliphatic carbocycles. The number of likely N-dealkylation sites (tertiary alicyclic amines) is 1. The molecule has 2 heterocycles. The van der Waals surface area contributed by atoms with Gasteiger partial charge >= 0.3 is 0 Å². The molecule has 2 aliphatic rings. The van der Waals surface area contributed by atoms with Gasteiger partial charge in [0.25, 0.3) is 11.8 Å². The van der Waals surface area contributed by atoms with Crippen molar-refractivity contribution in [2.75, 3.05) is 24.5 Å². The molecule has 5 nitrogen and oxygen atoms in total. The summed E-state index contributed by atoms with van der Waals surface area (Å²) in [6.45, 7) is 3.58. The fraction of sp³-hybridized carbons (Fsp3) is 0.333. The number of piperidine rings is 1. The number of amides is 2. The maximum Gasteiger partial charge on any atom is 0.255 e. The Morgan fingerprint density at radius 2 is 1.82 bits per heavy atom. The zero-order valence-electron chi connectivity index (χ0n) is 15.5. The van der Waals surface area contributed by atoms with E-state index in [4.69, 9.17) is 0 Å². The Kier molecular flexibility index (Phi) is 4.53. The smallest absolute Gasteiger partial charge is 0.255 e. The van der Waals surface area contributed by atoms with Gasteiger partial charge in [-0.25, -0.2) is 8.78 Å². The first-order valence-corrected chi connectivity index (χ1v) is 9.39. The summed E-state index contributed by atoms with van der Waals surface area (Å²) in [7, 11) is 0. The number of para-hydroxylation sites is 1. The average Bonchev–Trinajstić information content (AvgIpc) is 2.70. The van der Waals surface area contributed by atoms with Gasteiger partial charge in [-0.3, -0.25) is 9.59 Å². The largest absolute Gasteiger partial charge is 0.348 e. The van der Waals surface area contributed by atoms with Crippen molar-refractivity contribution < 1.29 is 18.4 Å². The number of rotatable bonds is 2. The summed E-state index contributed by atoms with van der Waals surface area (Å²) in [6, 6.07) is 10.7. The standard InChI is InChI=1S/C21H21F2N3O2/c1-2-26-18-6-4-3-5-15(18)19(27)24-21(26)9-11-25(12-10-21)20(28)14-7-8-16(22)17(23)13-14/h3-8,13H,2,9-12H2,1H3,(H,24,27). The molecule has 0 unspecified atom stereocenters. The van der Waals surface area contributed by atoms with Gasteiger partial charge in [-0.05, 0) is 37.3 Å². The molecule has 2 aliphatic heterocycles. The molecule has 1 spiro atoms. The third kappa shape index (κ3) is 2.91. The van der Waals surface area contributed by atoms with E-state index in [0.29, 0.717) is 38.0 Å². The van der Waals surface area contributed by atoms with Gasteiger partial charge in [0.05, 0.1) is 11.3 Å². The number of carbonyl (C=O) groups excluding carboxylic acids is 2. The molecule has 2 aromatic carbocycles. The summed E-state index contributed by atoms with van der Waals surface area (Å²) in [5.41, 5.74) is 1.12. The zero-order chi connectivity index (χ0) is 19.9. The second kappa shape index (κ2) is 6.89. The Morgan fingerprint density at radius 1 is 1.11 bits per heavy atom. The quantitative estimate of drug-likeness (QED) is 0.864. The third-order valence-electron chi connectivity index (χ3n) is 5.66. The summed E-state index contributed by atoms with van der Waals surface area (Å²) < 4.78 is 26.6. The minimum Gasteiger partial charge on any atom is -0.348 e. The molecular weight excluding hydrogens is 364 g/mol. The molecule has 2 aromatic rings. The van der Waals surface area contributed by atoms with Crippen LogP contribution in [0.25, 0.3) is 0 Å². The van der Waals surface area contributed by atoms with Crippen molar-refractivity contribution in [2.45, 2.75) is 25.4 Å². The lowest BCUT2D eigenvalue weighted by molar-refractivity contribution is 0.0603. The summed E-state index contributed by atoms with van der Waals surface area (Å²) in [5.74, 6) is -2.45. The number of benzene rings is 2. The third-order valence-corrected chi connectivity index (χ3v) is 5.66. The molecule has 1 N–H and O–H groups in total. The fourth-order valence-electron chi connectivity index (χ4n) is 4.24. The molecule has 1 saturated heterocycles. The molecule has 0 atom stereocenters. The summed E-state index contributed by atoms with van der Waals surface area (Å²) in [4.78, 5) is 29.1. The molecule has 7 heteroatoms. The van der Waals surface area contributed by atoms with Crippen molar-refractivity contribution in [3.8, 4) is 0 Å². The number of nitrogens with one attached hydrogen (secondary N) is 1. The summed E-state index contributed by atoms with van der Waals surface area (Å²) in [6.07, 6.45) is 1.10. The molecule has 146 valence electrons. The van der Waals surface area contributed by atoms with Crippen LogP contribution in [-0.2, 0) is 0 Å². The Labute approximate surface area is 161 Å². The van der Waals surface area contributed by atoms with Crippen molar-refractivity contribution in [3.63, 3.8) is 0 Å². The van der Waals surface area contributed by atoms with Gasteiger partial charge in [-0.2, -0.15) is 0 Å². The van der Waals surface area contributed by atoms with E-state index >= 15 is 0 Å². The second-order valence-electron chi connectivity index (χ2n) is 7.17. The van der Waals surface area contributed by atoms with Crippen LogP contribution >= 0.6 is 0 Å². The predicted octanol–water partition coefficient (Wildman–Crippen LogP) is 3.17. The van der Waals surface area contributed by atoms with E-state index in [1.807, 2.05) is 31.2 Å². The molecule has 4 rings (SSSR count). The molecule has 1 fully saturated rings. The molecule has 0 radical (unpaired) electrons. The number of nitrogens with zero attached hydrogens (tertiary/aromatic N) is 2. The summed E-state index contributed by atoms with van der Waals surface area (Å²) >= 11 is 0. The van der Waals surface area contributed by atoms with Gasteiger partial charge in [0.15, 0.2) is 11.6 Å². The number of anilines is 1. The van der Waals surface area contributed by atoms with Crippen LogP contribution in [-0.4, -0.2) is 42.0 Å². The minimum atomic E-state index is -1.03. The summed E-state index contributed by atoms with van der Waals surface area (Å²) in [5, 5.41) is 3.14. The van der Waals surface area contributed by atoms with E-state index in [9.17, 15) is 18.4 Å². The van der Waals surface area contributed by atoms with Crippen LogP contribution in [0.2, 0.25) is 0 Å². The van der Waals surface area contributed by atoms with E-state index in [1.54, 1.807) is 4.90 Å². The highest BCUT2D eigenvalue weighted by molar-refractivity contribution is 6.02. The molecule has 0 aromatic heterocycles. The predicted molar refractivity (Wildman–Crippen MR) is 101 cm³/mol. The Balaban J connectivity index is 1.55. The lowest BCUT2D eigenvalue weighted by Crippen LogP contribution is -2.68. The molecule has 28 heavy (non-hydrogen) atoms. The Hall–Kier alpha value is -2.96. The average molecular weight is 385 g/mol. The number of hydrogen-bond acceptors (Lipinski definition) is 3. The highest BCUT2D eigenvalue weighted by Gasteiger charge is 2.45. The molecule has 0 saturated carbocycles. The first-order valence-electron chi connectivity index (χ1n) is 9.39. The Bertz CT molecular complexity index is 939. The van der Waals surface area contributed by atoms with Crippen molar-refractivity contribution in [1.82, 2.24) is 10.2 Å². The Morgan fingerprint density at radius 3 is 2.50 bits per heavy atom. The van der Waals surface area contributed by atoms with E-state index in [-0.39, 0.29) is 17.4 Å². The zero-order valence-corrected chi connectivity index (χ0v) is 15.5. The monoisotopic (exact) mass is 385 g/mol. The lowest BCUT2D eigenvalue weighted by Gasteiger charge is -2.52. The van der Waals surface area contributed by atoms with Crippen molar-refractivity contribution in [1.29, 1.82) is 0 Å². The van der Waals surface area contributed by atoms with Crippen molar-refractivity contribution in [3.05, 3.63) is 65.2 Å². The first kappa shape index (κ1) is 18.4. The van der Waals surface area contributed by atoms with Gasteiger partial charge in [-0.15, -0.1) is 0 Å². The van der Waals surface area contributed by atoms with Gasteiger partial charge in [0, 0.05) is 38.0 Å². The maximum atomic E-state index is 13.5. The van der Waals surface area contributed by atoms with Crippen LogP contribution in [0.5, 0.6) is 0 Å². The first-order chi connectivity index (χ1) is 13.4. The molecule has 0 bridgehead atoms. The fourth-order valence-corrected chi connectivity index (χ4v) is 4.24. The minimum absolute atomic E-state index is 0.110. The van der Waals surface area contributed by atoms with Crippen molar-refractivity contribution in [2.24, 2.45) is 0 Å². The van der Waals surface area contributed by atoms with E-state index in [2.05, 4.69) is 10.2 Å². The second-order valence-corrected chi connectivity index (χ2v) is 7.17. The van der Waals surface area contributed by atoms with Crippen molar-refractivity contribution >= 4 is 17.5 Å². The van der Waals surface area contributed by atoms with Crippen LogP contribution in [0.1, 0.15) is 40.5 Å². The van der Waals surface area contributed by atoms with E-state index < -0.39 is 17.3 Å². The van der Waals surface area contributed by atoms with Gasteiger partial charge in [0.2, 0.25) is 0 Å². The lowest BCUT2D eigenvalue weighted by atomic mass is 9.89. The highest BCUT2D eigenvalue weighted by Crippen LogP contribution is 2.37. The van der Waals surface area contributed by atoms with Crippen LogP contribution in [0, 0.1) is 11.6 Å². The van der Waals surface area contributed by atoms with Crippen LogP contribution < -0.4 is 10.2 Å². The van der Waals surface area contributed by atoms with Gasteiger partial charge < -0.3 is 15.1 Å². The van der Waals surface area contributed by atoms with E-state index in [0.717, 1.165) is 17.8 Å². The van der Waals surface area contributed by atoms with Gasteiger partial charge in [0.1, 0.15) is 5.66 Å². The normalized spacial score (nSPS) is 18.0.